The Labute approximate surface area is 230 Å². The summed E-state index contributed by atoms with van der Waals surface area (Å²) in [4.78, 5) is 23.0. The molecule has 0 saturated heterocycles. The number of benzene rings is 2. The van der Waals surface area contributed by atoms with Crippen LogP contribution in [0.2, 0.25) is 5.02 Å². The summed E-state index contributed by atoms with van der Waals surface area (Å²) in [5.74, 6) is 1.80. The van der Waals surface area contributed by atoms with Gasteiger partial charge in [0.2, 0.25) is 0 Å². The Bertz CT molecular complexity index is 1300. The van der Waals surface area contributed by atoms with E-state index in [4.69, 9.17) is 22.1 Å². The Hall–Kier alpha value is -3.38. The van der Waals surface area contributed by atoms with Gasteiger partial charge in [0.1, 0.15) is 5.75 Å². The lowest BCUT2D eigenvalue weighted by Crippen LogP contribution is -2.45. The zero-order valence-electron chi connectivity index (χ0n) is 22.9. The molecule has 1 aromatic heterocycles. The van der Waals surface area contributed by atoms with Gasteiger partial charge in [-0.1, -0.05) is 79.2 Å². The smallest absolute Gasteiger partial charge is 0.261 e. The van der Waals surface area contributed by atoms with Crippen LogP contribution in [0.3, 0.4) is 0 Å². The van der Waals surface area contributed by atoms with Crippen molar-refractivity contribution in [1.29, 1.82) is 0 Å². The highest BCUT2D eigenvalue weighted by molar-refractivity contribution is 6.30. The van der Waals surface area contributed by atoms with Gasteiger partial charge in [0.05, 0.1) is 11.1 Å². The van der Waals surface area contributed by atoms with Gasteiger partial charge >= 0.3 is 0 Å². The van der Waals surface area contributed by atoms with E-state index in [1.54, 1.807) is 19.4 Å². The third-order valence-electron chi connectivity index (χ3n) is 7.29. The van der Waals surface area contributed by atoms with Gasteiger partial charge in [-0.3, -0.25) is 14.7 Å². The van der Waals surface area contributed by atoms with Gasteiger partial charge < -0.3 is 10.5 Å². The van der Waals surface area contributed by atoms with Crippen molar-refractivity contribution >= 4 is 23.5 Å². The Morgan fingerprint density at radius 3 is 2.13 bits per heavy atom. The standard InChI is InChI=1S/C18H17ClN4O2.C8H10.C5H10/c1-10-7-18(16(24)23(2)17(20)22-18)14-6-11(3-4-15(14)25-10)12-5-13(19)9-21-8-12;1-7-3-5-8(2)6-4-7;1-5-3-2-4-5/h3-6,8-10H,7H2,1-2H3,(H2,20,22);3-6H,1-2H3;5H,2-4H2,1H3. The minimum atomic E-state index is -1.03. The number of hydrogen-bond donors (Lipinski definition) is 1. The summed E-state index contributed by atoms with van der Waals surface area (Å²) in [5.41, 5.74) is 10.0. The monoisotopic (exact) mass is 532 g/mol. The molecule has 1 spiro atoms. The van der Waals surface area contributed by atoms with Gasteiger partial charge in [0.25, 0.3) is 5.91 Å². The van der Waals surface area contributed by atoms with Gasteiger partial charge in [-0.15, -0.1) is 0 Å². The number of aliphatic imine (C=N–C) groups is 1. The molecule has 0 radical (unpaired) electrons. The van der Waals surface area contributed by atoms with E-state index in [0.717, 1.165) is 22.6 Å². The zero-order valence-corrected chi connectivity index (χ0v) is 23.6. The first kappa shape index (κ1) is 27.6. The summed E-state index contributed by atoms with van der Waals surface area (Å²) in [6.07, 6.45) is 8.07. The number of aromatic nitrogens is 1. The molecule has 6 rings (SSSR count). The number of halogens is 1. The number of ether oxygens (including phenoxy) is 1. The molecule has 7 heteroatoms. The van der Waals surface area contributed by atoms with Gasteiger partial charge in [-0.05, 0) is 50.5 Å². The van der Waals surface area contributed by atoms with E-state index in [9.17, 15) is 4.79 Å². The number of carbonyl (C=O) groups is 1. The maximum absolute atomic E-state index is 12.9. The second kappa shape index (κ2) is 11.6. The maximum Gasteiger partial charge on any atom is 0.261 e. The van der Waals surface area contributed by atoms with Crippen molar-refractivity contribution in [2.45, 2.75) is 65.0 Å². The average molecular weight is 533 g/mol. The molecule has 3 heterocycles. The molecule has 1 aliphatic carbocycles. The topological polar surface area (TPSA) is 80.8 Å². The van der Waals surface area contributed by atoms with E-state index in [1.807, 2.05) is 31.2 Å². The van der Waals surface area contributed by atoms with Crippen LogP contribution in [-0.4, -0.2) is 34.9 Å². The minimum Gasteiger partial charge on any atom is -0.490 e. The fourth-order valence-electron chi connectivity index (χ4n) is 4.75. The first-order valence-electron chi connectivity index (χ1n) is 13.2. The Balaban J connectivity index is 0.000000211. The number of hydrogen-bond acceptors (Lipinski definition) is 5. The molecule has 1 amide bonds. The van der Waals surface area contributed by atoms with Crippen molar-refractivity contribution in [1.82, 2.24) is 9.88 Å². The van der Waals surface area contributed by atoms with Gasteiger partial charge in [-0.25, -0.2) is 4.99 Å². The minimum absolute atomic E-state index is 0.136. The summed E-state index contributed by atoms with van der Waals surface area (Å²) in [6.45, 7) is 8.43. The molecule has 0 bridgehead atoms. The first-order chi connectivity index (χ1) is 18.1. The zero-order chi connectivity index (χ0) is 27.4. The fourth-order valence-corrected chi connectivity index (χ4v) is 4.92. The van der Waals surface area contributed by atoms with Crippen molar-refractivity contribution in [3.05, 3.63) is 82.6 Å². The predicted octanol–water partition coefficient (Wildman–Crippen LogP) is 6.66. The van der Waals surface area contributed by atoms with Crippen molar-refractivity contribution < 1.29 is 9.53 Å². The molecule has 1 saturated carbocycles. The number of aryl methyl sites for hydroxylation is 2. The number of pyridine rings is 1. The summed E-state index contributed by atoms with van der Waals surface area (Å²) in [5, 5.41) is 0.550. The molecule has 200 valence electrons. The molecule has 2 atom stereocenters. The highest BCUT2D eigenvalue weighted by Crippen LogP contribution is 2.47. The lowest BCUT2D eigenvalue weighted by molar-refractivity contribution is -0.132. The van der Waals surface area contributed by atoms with E-state index < -0.39 is 5.54 Å². The number of amides is 1. The van der Waals surface area contributed by atoms with E-state index in [2.05, 4.69) is 55.0 Å². The molecular formula is C31H37ClN4O2. The molecule has 2 unspecified atom stereocenters. The van der Waals surface area contributed by atoms with E-state index >= 15 is 0 Å². The van der Waals surface area contributed by atoms with Gasteiger partial charge in [0.15, 0.2) is 11.5 Å². The summed E-state index contributed by atoms with van der Waals surface area (Å²) in [6, 6.07) is 16.0. The summed E-state index contributed by atoms with van der Waals surface area (Å²) >= 11 is 6.05. The van der Waals surface area contributed by atoms with Crippen LogP contribution in [0.5, 0.6) is 5.75 Å². The molecule has 1 fully saturated rings. The third-order valence-corrected chi connectivity index (χ3v) is 7.50. The highest BCUT2D eigenvalue weighted by Gasteiger charge is 2.52. The van der Waals surface area contributed by atoms with Crippen LogP contribution in [0.1, 0.15) is 56.2 Å². The molecular weight excluding hydrogens is 496 g/mol. The lowest BCUT2D eigenvalue weighted by Gasteiger charge is -2.35. The molecule has 3 aromatic rings. The van der Waals surface area contributed by atoms with Crippen LogP contribution >= 0.6 is 11.6 Å². The number of guanidine groups is 1. The van der Waals surface area contributed by atoms with Crippen molar-refractivity contribution in [3.63, 3.8) is 0 Å². The van der Waals surface area contributed by atoms with Crippen molar-refractivity contribution in [2.24, 2.45) is 16.6 Å². The number of carbonyl (C=O) groups excluding carboxylic acids is 1. The Morgan fingerprint density at radius 2 is 1.63 bits per heavy atom. The SMILES string of the molecule is CC1CC2(N=C(N)N(C)C2=O)c2cc(-c3cncc(Cl)c3)ccc2O1.CC1CCC1.Cc1ccc(C)cc1. The van der Waals surface area contributed by atoms with Gasteiger partial charge in [-0.2, -0.15) is 0 Å². The maximum atomic E-state index is 12.9. The van der Waals surface area contributed by atoms with E-state index in [1.165, 1.54) is 35.3 Å². The predicted molar refractivity (Wildman–Crippen MR) is 154 cm³/mol. The summed E-state index contributed by atoms with van der Waals surface area (Å²) < 4.78 is 5.93. The Kier molecular flexibility index (Phi) is 8.41. The highest BCUT2D eigenvalue weighted by atomic mass is 35.5. The molecule has 38 heavy (non-hydrogen) atoms. The fraction of sp³-hybridized carbons (Fsp3) is 0.387. The second-order valence-corrected chi connectivity index (χ2v) is 11.1. The number of fused-ring (bicyclic) bond motifs is 2. The van der Waals surface area contributed by atoms with Crippen LogP contribution in [0.25, 0.3) is 11.1 Å². The lowest BCUT2D eigenvalue weighted by atomic mass is 9.81. The van der Waals surface area contributed by atoms with E-state index in [-0.39, 0.29) is 18.0 Å². The van der Waals surface area contributed by atoms with Crippen LogP contribution in [-0.2, 0) is 10.3 Å². The Morgan fingerprint density at radius 1 is 1.00 bits per heavy atom. The number of likely N-dealkylation sites (N-methyl/N-ethyl adjacent to an activating group) is 1. The van der Waals surface area contributed by atoms with Gasteiger partial charge in [0, 0.05) is 37.0 Å². The largest absolute Gasteiger partial charge is 0.490 e. The van der Waals surface area contributed by atoms with Crippen LogP contribution in [0.4, 0.5) is 0 Å². The number of nitrogens with zero attached hydrogens (tertiary/aromatic N) is 3. The quantitative estimate of drug-likeness (QED) is 0.379. The normalized spacial score (nSPS) is 21.7. The molecule has 6 nitrogen and oxygen atoms in total. The molecule has 3 aliphatic rings. The van der Waals surface area contributed by atoms with Crippen molar-refractivity contribution in [2.75, 3.05) is 7.05 Å². The van der Waals surface area contributed by atoms with Crippen LogP contribution < -0.4 is 10.5 Å². The van der Waals surface area contributed by atoms with E-state index in [0.29, 0.717) is 17.2 Å². The molecule has 2 aliphatic heterocycles. The molecule has 2 aromatic carbocycles. The molecule has 2 N–H and O–H groups in total. The second-order valence-electron chi connectivity index (χ2n) is 10.6. The van der Waals surface area contributed by atoms with Crippen LogP contribution in [0, 0.1) is 19.8 Å². The number of nitrogens with two attached hydrogens (primary N) is 1. The average Bonchev–Trinajstić information content (AvgIpc) is 3.08. The first-order valence-corrected chi connectivity index (χ1v) is 13.6. The van der Waals surface area contributed by atoms with Crippen molar-refractivity contribution in [3.8, 4) is 16.9 Å². The van der Waals surface area contributed by atoms with Crippen LogP contribution in [0.15, 0.2) is 65.9 Å². The third kappa shape index (κ3) is 6.02. The summed E-state index contributed by atoms with van der Waals surface area (Å²) in [7, 11) is 1.64. The number of rotatable bonds is 1.